The van der Waals surface area contributed by atoms with Crippen LogP contribution >= 0.6 is 0 Å². The van der Waals surface area contributed by atoms with E-state index in [0.29, 0.717) is 23.5 Å². The summed E-state index contributed by atoms with van der Waals surface area (Å²) in [5.41, 5.74) is 0.998. The van der Waals surface area contributed by atoms with Crippen LogP contribution in [0.4, 0.5) is 0 Å². The Hall–Kier alpha value is -3.61. The summed E-state index contributed by atoms with van der Waals surface area (Å²) in [5.74, 6) is -1.50. The van der Waals surface area contributed by atoms with Crippen LogP contribution in [0, 0.1) is 0 Å². The fourth-order valence-electron chi connectivity index (χ4n) is 2.36. The van der Waals surface area contributed by atoms with Crippen molar-refractivity contribution < 1.29 is 24.2 Å². The van der Waals surface area contributed by atoms with Crippen LogP contribution in [0.15, 0.2) is 60.3 Å². The largest absolute Gasteiger partial charge is 0.493 e. The van der Waals surface area contributed by atoms with E-state index >= 15 is 0 Å². The summed E-state index contributed by atoms with van der Waals surface area (Å²) in [6.07, 6.45) is 1.28. The third-order valence-electron chi connectivity index (χ3n) is 3.67. The molecule has 2 rings (SSSR count). The number of carboxylic acids is 1. The molecule has 146 valence electrons. The number of para-hydroxylation sites is 1. The molecule has 2 aromatic carbocycles. The predicted octanol–water partition coefficient (Wildman–Crippen LogP) is 2.45. The van der Waals surface area contributed by atoms with Gasteiger partial charge in [-0.15, -0.1) is 0 Å². The standard InChI is InChI=1S/C21H22N2O5/c1-2-28-18-11-7-6-10-16(18)14-17(21(27)22-13-12-19(24)25)23-20(26)15-8-4-3-5-9-15/h3-11,14H,2,12-13H2,1H3,(H,22,27)(H,23,26)(H,24,25). The summed E-state index contributed by atoms with van der Waals surface area (Å²) in [6, 6.07) is 15.6. The van der Waals surface area contributed by atoms with Gasteiger partial charge >= 0.3 is 5.97 Å². The number of aliphatic carboxylic acids is 1. The van der Waals surface area contributed by atoms with Gasteiger partial charge in [-0.25, -0.2) is 0 Å². The number of nitrogens with one attached hydrogen (secondary N) is 2. The number of hydrogen-bond acceptors (Lipinski definition) is 4. The molecule has 0 spiro atoms. The second kappa shape index (κ2) is 10.5. The van der Waals surface area contributed by atoms with Gasteiger partial charge in [0.25, 0.3) is 11.8 Å². The molecule has 0 saturated heterocycles. The number of amides is 2. The number of carbonyl (C=O) groups excluding carboxylic acids is 2. The molecule has 28 heavy (non-hydrogen) atoms. The van der Waals surface area contributed by atoms with Gasteiger partial charge in [0.15, 0.2) is 0 Å². The second-order valence-electron chi connectivity index (χ2n) is 5.75. The number of carbonyl (C=O) groups is 3. The fourth-order valence-corrected chi connectivity index (χ4v) is 2.36. The Morgan fingerprint density at radius 3 is 2.39 bits per heavy atom. The van der Waals surface area contributed by atoms with Gasteiger partial charge in [-0.1, -0.05) is 36.4 Å². The zero-order valence-electron chi connectivity index (χ0n) is 15.5. The Morgan fingerprint density at radius 1 is 1.04 bits per heavy atom. The molecule has 0 aliphatic carbocycles. The minimum absolute atomic E-state index is 0.00797. The van der Waals surface area contributed by atoms with Gasteiger partial charge in [0, 0.05) is 17.7 Å². The Morgan fingerprint density at radius 2 is 1.71 bits per heavy atom. The van der Waals surface area contributed by atoms with Gasteiger partial charge < -0.3 is 20.5 Å². The normalized spacial score (nSPS) is 10.8. The highest BCUT2D eigenvalue weighted by atomic mass is 16.5. The number of hydrogen-bond donors (Lipinski definition) is 3. The van der Waals surface area contributed by atoms with Crippen molar-refractivity contribution >= 4 is 23.9 Å². The molecule has 0 bridgehead atoms. The third kappa shape index (κ3) is 6.28. The first-order valence-corrected chi connectivity index (χ1v) is 8.81. The molecule has 0 unspecified atom stereocenters. The van der Waals surface area contributed by atoms with Gasteiger partial charge in [-0.3, -0.25) is 14.4 Å². The smallest absolute Gasteiger partial charge is 0.305 e. The minimum Gasteiger partial charge on any atom is -0.493 e. The van der Waals surface area contributed by atoms with Crippen LogP contribution in [0.5, 0.6) is 5.75 Å². The van der Waals surface area contributed by atoms with Crippen molar-refractivity contribution in [3.05, 3.63) is 71.4 Å². The Balaban J connectivity index is 2.29. The topological polar surface area (TPSA) is 105 Å². The maximum absolute atomic E-state index is 12.5. The van der Waals surface area contributed by atoms with Crippen LogP contribution in [0.2, 0.25) is 0 Å². The van der Waals surface area contributed by atoms with Gasteiger partial charge in [0.1, 0.15) is 11.4 Å². The van der Waals surface area contributed by atoms with Crippen molar-refractivity contribution in [3.8, 4) is 5.75 Å². The summed E-state index contributed by atoms with van der Waals surface area (Å²) in [6.45, 7) is 2.23. The molecule has 3 N–H and O–H groups in total. The zero-order chi connectivity index (χ0) is 20.4. The van der Waals surface area contributed by atoms with Crippen molar-refractivity contribution in [1.82, 2.24) is 10.6 Å². The van der Waals surface area contributed by atoms with E-state index in [4.69, 9.17) is 9.84 Å². The highest BCUT2D eigenvalue weighted by Gasteiger charge is 2.15. The zero-order valence-corrected chi connectivity index (χ0v) is 15.5. The van der Waals surface area contributed by atoms with Crippen LogP contribution in [0.1, 0.15) is 29.3 Å². The third-order valence-corrected chi connectivity index (χ3v) is 3.67. The van der Waals surface area contributed by atoms with Crippen LogP contribution < -0.4 is 15.4 Å². The number of rotatable bonds is 9. The van der Waals surface area contributed by atoms with Crippen LogP contribution in [0.25, 0.3) is 6.08 Å². The molecule has 0 heterocycles. The molecule has 0 atom stereocenters. The first-order chi connectivity index (χ1) is 13.5. The Kier molecular flexibility index (Phi) is 7.77. The summed E-state index contributed by atoms with van der Waals surface area (Å²) in [4.78, 5) is 35.7. The lowest BCUT2D eigenvalue weighted by Crippen LogP contribution is -2.35. The number of benzene rings is 2. The summed E-state index contributed by atoms with van der Waals surface area (Å²) in [7, 11) is 0. The molecular formula is C21H22N2O5. The molecule has 7 nitrogen and oxygen atoms in total. The van der Waals surface area contributed by atoms with Gasteiger partial charge in [-0.2, -0.15) is 0 Å². The van der Waals surface area contributed by atoms with E-state index < -0.39 is 17.8 Å². The Labute approximate surface area is 163 Å². The minimum atomic E-state index is -1.03. The van der Waals surface area contributed by atoms with E-state index in [-0.39, 0.29) is 18.7 Å². The summed E-state index contributed by atoms with van der Waals surface area (Å²) >= 11 is 0. The summed E-state index contributed by atoms with van der Waals surface area (Å²) in [5, 5.41) is 13.8. The second-order valence-corrected chi connectivity index (χ2v) is 5.75. The van der Waals surface area contributed by atoms with Crippen molar-refractivity contribution in [2.24, 2.45) is 0 Å². The molecule has 0 aliphatic rings. The first-order valence-electron chi connectivity index (χ1n) is 8.81. The molecule has 0 aliphatic heterocycles. The monoisotopic (exact) mass is 382 g/mol. The van der Waals surface area contributed by atoms with Crippen molar-refractivity contribution in [3.63, 3.8) is 0 Å². The highest BCUT2D eigenvalue weighted by Crippen LogP contribution is 2.20. The molecule has 7 heteroatoms. The lowest BCUT2D eigenvalue weighted by molar-refractivity contribution is -0.136. The van der Waals surface area contributed by atoms with E-state index in [0.717, 1.165) is 0 Å². The van der Waals surface area contributed by atoms with Crippen LogP contribution in [-0.2, 0) is 9.59 Å². The fraction of sp³-hybridized carbons (Fsp3) is 0.190. The Bertz CT molecular complexity index is 862. The van der Waals surface area contributed by atoms with Crippen LogP contribution in [-0.4, -0.2) is 36.0 Å². The van der Waals surface area contributed by atoms with Crippen molar-refractivity contribution in [2.75, 3.05) is 13.2 Å². The average Bonchev–Trinajstić information content (AvgIpc) is 2.69. The summed E-state index contributed by atoms with van der Waals surface area (Å²) < 4.78 is 5.55. The molecule has 2 aromatic rings. The number of ether oxygens (including phenoxy) is 1. The van der Waals surface area contributed by atoms with Crippen molar-refractivity contribution in [2.45, 2.75) is 13.3 Å². The molecule has 0 aromatic heterocycles. The van der Waals surface area contributed by atoms with E-state index in [1.807, 2.05) is 6.92 Å². The SMILES string of the molecule is CCOc1ccccc1C=C(NC(=O)c1ccccc1)C(=O)NCCC(=O)O. The maximum atomic E-state index is 12.5. The lowest BCUT2D eigenvalue weighted by atomic mass is 10.1. The molecule has 0 fully saturated rings. The van der Waals surface area contributed by atoms with Gasteiger partial charge in [0.05, 0.1) is 13.0 Å². The van der Waals surface area contributed by atoms with Gasteiger partial charge in [0.2, 0.25) is 0 Å². The number of carboxylic acid groups (broad SMARTS) is 1. The molecule has 2 amide bonds. The maximum Gasteiger partial charge on any atom is 0.305 e. The van der Waals surface area contributed by atoms with E-state index in [9.17, 15) is 14.4 Å². The molecule has 0 saturated carbocycles. The molecular weight excluding hydrogens is 360 g/mol. The van der Waals surface area contributed by atoms with E-state index in [1.165, 1.54) is 6.08 Å². The molecule has 0 radical (unpaired) electrons. The van der Waals surface area contributed by atoms with Gasteiger partial charge in [-0.05, 0) is 31.2 Å². The van der Waals surface area contributed by atoms with E-state index in [2.05, 4.69) is 10.6 Å². The van der Waals surface area contributed by atoms with Crippen molar-refractivity contribution in [1.29, 1.82) is 0 Å². The predicted molar refractivity (Wildman–Crippen MR) is 105 cm³/mol. The first kappa shape index (κ1) is 20.7. The van der Waals surface area contributed by atoms with Crippen LogP contribution in [0.3, 0.4) is 0 Å². The van der Waals surface area contributed by atoms with E-state index in [1.54, 1.807) is 54.6 Å². The highest BCUT2D eigenvalue weighted by molar-refractivity contribution is 6.05. The lowest BCUT2D eigenvalue weighted by Gasteiger charge is -2.12. The average molecular weight is 382 g/mol. The quantitative estimate of drug-likeness (QED) is 0.578.